The Kier molecular flexibility index (Phi) is 4.58. The normalized spacial score (nSPS) is 23.5. The molecular weight excluding hydrogens is 416 g/mol. The van der Waals surface area contributed by atoms with Crippen molar-refractivity contribution in [3.8, 4) is 0 Å². The molecule has 0 bridgehead atoms. The standard InChI is InChI=1S/C21H23ClN8O/c1-21(2)14-9-24-16(26-19-28-17(22)27-18(23)29-19)13(14)10-30(21)20(31)25-15-8-12(15)11-6-4-3-5-7-11/h3-7,12,15H,8-10H2,1-2H3,(H,25,31)(H3,23,24,26,27,28,29). The molecule has 160 valence electrons. The van der Waals surface area contributed by atoms with Crippen LogP contribution >= 0.6 is 11.6 Å². The maximum absolute atomic E-state index is 13.1. The van der Waals surface area contributed by atoms with Crippen molar-refractivity contribution in [3.63, 3.8) is 0 Å². The average molecular weight is 439 g/mol. The molecule has 4 N–H and O–H groups in total. The summed E-state index contributed by atoms with van der Waals surface area (Å²) in [5.41, 5.74) is 8.56. The number of rotatable bonds is 3. The number of hydrogen-bond acceptors (Lipinski definition) is 7. The quantitative estimate of drug-likeness (QED) is 0.677. The van der Waals surface area contributed by atoms with Crippen molar-refractivity contribution in [2.75, 3.05) is 24.1 Å². The number of hydrogen-bond donors (Lipinski definition) is 3. The van der Waals surface area contributed by atoms with Gasteiger partial charge >= 0.3 is 6.03 Å². The monoisotopic (exact) mass is 438 g/mol. The van der Waals surface area contributed by atoms with E-state index < -0.39 is 5.54 Å². The topological polar surface area (TPSA) is 121 Å². The largest absolute Gasteiger partial charge is 0.368 e. The van der Waals surface area contributed by atoms with Crippen LogP contribution in [0.3, 0.4) is 0 Å². The zero-order chi connectivity index (χ0) is 21.8. The first-order valence-electron chi connectivity index (χ1n) is 10.2. The second-order valence-electron chi connectivity index (χ2n) is 8.49. The SMILES string of the molecule is CC1(C)C2=C(CN1C(=O)NC1CC1c1ccccc1)C(Nc1nc(N)nc(Cl)n1)=NC2. The summed E-state index contributed by atoms with van der Waals surface area (Å²) in [6.45, 7) is 5.06. The number of halogens is 1. The van der Waals surface area contributed by atoms with E-state index >= 15 is 0 Å². The van der Waals surface area contributed by atoms with Crippen molar-refractivity contribution in [2.45, 2.75) is 37.8 Å². The number of amidine groups is 1. The summed E-state index contributed by atoms with van der Waals surface area (Å²) in [5, 5.41) is 6.29. The molecule has 0 radical (unpaired) electrons. The first-order chi connectivity index (χ1) is 14.8. The molecule has 0 spiro atoms. The van der Waals surface area contributed by atoms with Crippen LogP contribution in [0.1, 0.15) is 31.7 Å². The molecule has 0 saturated heterocycles. The van der Waals surface area contributed by atoms with Gasteiger partial charge in [0.25, 0.3) is 0 Å². The van der Waals surface area contributed by atoms with Crippen molar-refractivity contribution in [2.24, 2.45) is 4.99 Å². The van der Waals surface area contributed by atoms with Crippen LogP contribution in [-0.4, -0.2) is 56.4 Å². The van der Waals surface area contributed by atoms with Crippen LogP contribution in [0.4, 0.5) is 16.7 Å². The fraction of sp³-hybridized carbons (Fsp3) is 0.381. The lowest BCUT2D eigenvalue weighted by Crippen LogP contribution is -2.51. The number of nitrogens with zero attached hydrogens (tertiary/aromatic N) is 5. The van der Waals surface area contributed by atoms with Crippen molar-refractivity contribution in [1.82, 2.24) is 25.2 Å². The molecule has 2 amide bonds. The number of amides is 2. The summed E-state index contributed by atoms with van der Waals surface area (Å²) in [6.07, 6.45) is 0.965. The van der Waals surface area contributed by atoms with Crippen LogP contribution in [0.15, 0.2) is 46.5 Å². The molecule has 2 unspecified atom stereocenters. The fourth-order valence-electron chi connectivity index (χ4n) is 4.37. The van der Waals surface area contributed by atoms with Gasteiger partial charge in [-0.05, 0) is 43.0 Å². The van der Waals surface area contributed by atoms with E-state index in [4.69, 9.17) is 17.3 Å². The highest BCUT2D eigenvalue weighted by Gasteiger charge is 2.47. The van der Waals surface area contributed by atoms with Gasteiger partial charge in [0.2, 0.25) is 17.2 Å². The predicted octanol–water partition coefficient (Wildman–Crippen LogP) is 2.59. The molecule has 2 aromatic rings. The number of anilines is 2. The zero-order valence-corrected chi connectivity index (χ0v) is 18.0. The summed E-state index contributed by atoms with van der Waals surface area (Å²) < 4.78 is 0. The molecule has 31 heavy (non-hydrogen) atoms. The van der Waals surface area contributed by atoms with E-state index in [-0.39, 0.29) is 29.3 Å². The zero-order valence-electron chi connectivity index (χ0n) is 17.3. The Balaban J connectivity index is 1.27. The number of carbonyl (C=O) groups is 1. The molecule has 9 nitrogen and oxygen atoms in total. The molecular formula is C21H23ClN8O. The first-order valence-corrected chi connectivity index (χ1v) is 10.5. The molecule has 10 heteroatoms. The summed E-state index contributed by atoms with van der Waals surface area (Å²) >= 11 is 5.87. The lowest BCUT2D eigenvalue weighted by Gasteiger charge is -2.34. The molecule has 1 aliphatic carbocycles. The van der Waals surface area contributed by atoms with Crippen LogP contribution in [0, 0.1) is 0 Å². The van der Waals surface area contributed by atoms with Crippen LogP contribution in [-0.2, 0) is 0 Å². The number of aliphatic imine (C=N–C) groups is 1. The second-order valence-corrected chi connectivity index (χ2v) is 8.83. The van der Waals surface area contributed by atoms with Gasteiger partial charge in [0, 0.05) is 17.5 Å². The van der Waals surface area contributed by atoms with Crippen molar-refractivity contribution in [3.05, 3.63) is 52.3 Å². The van der Waals surface area contributed by atoms with Gasteiger partial charge in [0.15, 0.2) is 0 Å². The molecule has 2 atom stereocenters. The number of aromatic nitrogens is 3. The Bertz CT molecular complexity index is 1090. The molecule has 3 heterocycles. The Morgan fingerprint density at radius 3 is 2.74 bits per heavy atom. The van der Waals surface area contributed by atoms with Crippen LogP contribution in [0.5, 0.6) is 0 Å². The van der Waals surface area contributed by atoms with Gasteiger partial charge < -0.3 is 21.3 Å². The Labute approximate surface area is 184 Å². The van der Waals surface area contributed by atoms with Gasteiger partial charge in [0.1, 0.15) is 5.84 Å². The highest BCUT2D eigenvalue weighted by Crippen LogP contribution is 2.42. The first kappa shape index (κ1) is 19.7. The van der Waals surface area contributed by atoms with Gasteiger partial charge in [-0.15, -0.1) is 0 Å². The molecule has 3 aliphatic rings. The van der Waals surface area contributed by atoms with Gasteiger partial charge in [0.05, 0.1) is 18.6 Å². The number of carbonyl (C=O) groups excluding carboxylic acids is 1. The van der Waals surface area contributed by atoms with Crippen LogP contribution in [0.2, 0.25) is 5.28 Å². The fourth-order valence-corrected chi connectivity index (χ4v) is 4.54. The van der Waals surface area contributed by atoms with E-state index in [9.17, 15) is 4.79 Å². The summed E-state index contributed by atoms with van der Waals surface area (Å²) in [6, 6.07) is 10.4. The van der Waals surface area contributed by atoms with Gasteiger partial charge in [-0.25, -0.2) is 4.79 Å². The minimum Gasteiger partial charge on any atom is -0.368 e. The number of nitrogens with two attached hydrogens (primary N) is 1. The number of nitrogens with one attached hydrogen (secondary N) is 2. The van der Waals surface area contributed by atoms with Crippen LogP contribution < -0.4 is 16.4 Å². The number of nitrogen functional groups attached to an aromatic ring is 1. The summed E-state index contributed by atoms with van der Waals surface area (Å²) in [7, 11) is 0. The van der Waals surface area contributed by atoms with E-state index in [0.29, 0.717) is 24.8 Å². The average Bonchev–Trinajstić information content (AvgIpc) is 3.27. The van der Waals surface area contributed by atoms with E-state index in [1.54, 1.807) is 0 Å². The van der Waals surface area contributed by atoms with E-state index in [0.717, 1.165) is 17.6 Å². The second kappa shape index (κ2) is 7.19. The molecule has 5 rings (SSSR count). The maximum atomic E-state index is 13.1. The number of urea groups is 1. The highest BCUT2D eigenvalue weighted by atomic mass is 35.5. The Morgan fingerprint density at radius 1 is 1.23 bits per heavy atom. The third-order valence-corrected chi connectivity index (χ3v) is 6.37. The van der Waals surface area contributed by atoms with Gasteiger partial charge in [-0.3, -0.25) is 4.99 Å². The molecule has 1 saturated carbocycles. The highest BCUT2D eigenvalue weighted by molar-refractivity contribution is 6.28. The van der Waals surface area contributed by atoms with E-state index in [1.165, 1.54) is 5.56 Å². The molecule has 1 aromatic heterocycles. The van der Waals surface area contributed by atoms with Crippen molar-refractivity contribution >= 4 is 35.4 Å². The van der Waals surface area contributed by atoms with Gasteiger partial charge in [-0.2, -0.15) is 15.0 Å². The van der Waals surface area contributed by atoms with Crippen molar-refractivity contribution in [1.29, 1.82) is 0 Å². The molecule has 2 aliphatic heterocycles. The van der Waals surface area contributed by atoms with Crippen LogP contribution in [0.25, 0.3) is 0 Å². The third kappa shape index (κ3) is 3.59. The smallest absolute Gasteiger partial charge is 0.318 e. The van der Waals surface area contributed by atoms with E-state index in [1.807, 2.05) is 36.9 Å². The minimum absolute atomic E-state index is 0.00737. The Hall–Kier alpha value is -3.20. The third-order valence-electron chi connectivity index (χ3n) is 6.20. The lowest BCUT2D eigenvalue weighted by molar-refractivity contribution is 0.170. The summed E-state index contributed by atoms with van der Waals surface area (Å²) in [4.78, 5) is 31.4. The molecule has 1 aromatic carbocycles. The maximum Gasteiger partial charge on any atom is 0.318 e. The van der Waals surface area contributed by atoms with Gasteiger partial charge in [-0.1, -0.05) is 30.3 Å². The van der Waals surface area contributed by atoms with E-state index in [2.05, 4.69) is 42.7 Å². The summed E-state index contributed by atoms with van der Waals surface area (Å²) in [5.74, 6) is 1.27. The molecule has 1 fully saturated rings. The van der Waals surface area contributed by atoms with Crippen molar-refractivity contribution < 1.29 is 4.79 Å². The minimum atomic E-state index is -0.445. The predicted molar refractivity (Wildman–Crippen MR) is 119 cm³/mol. The Morgan fingerprint density at radius 2 is 2.00 bits per heavy atom. The lowest BCUT2D eigenvalue weighted by atomic mass is 9.94. The number of benzene rings is 1.